The van der Waals surface area contributed by atoms with Crippen LogP contribution >= 0.6 is 11.6 Å². The lowest BCUT2D eigenvalue weighted by Gasteiger charge is -2.11. The zero-order chi connectivity index (χ0) is 21.0. The first kappa shape index (κ1) is 20.8. The number of halogens is 1. The Bertz CT molecular complexity index is 1130. The van der Waals surface area contributed by atoms with Gasteiger partial charge in [0.25, 0.3) is 0 Å². The van der Waals surface area contributed by atoms with Crippen molar-refractivity contribution < 1.29 is 17.9 Å². The summed E-state index contributed by atoms with van der Waals surface area (Å²) < 4.78 is 30.7. The summed E-state index contributed by atoms with van der Waals surface area (Å²) >= 11 is 5.85. The third-order valence-corrected chi connectivity index (χ3v) is 5.08. The summed E-state index contributed by atoms with van der Waals surface area (Å²) in [6.45, 7) is 2.45. The summed E-state index contributed by atoms with van der Waals surface area (Å²) in [5.41, 5.74) is 1.32. The molecule has 8 nitrogen and oxygen atoms in total. The standard InChI is InChI=1S/C19H19ClN4O4S/c1-2-28-16-6-3-13(4-7-16)9-19(25)23-15-5-8-17(18(10-15)29(21,26)27)24-12-14(20)11-22-24/h3-8,10-12H,2,9H2,1H3,(H,23,25)(H2,21,26,27). The lowest BCUT2D eigenvalue weighted by Crippen LogP contribution is -2.18. The molecular formula is C19H19ClN4O4S. The fourth-order valence-electron chi connectivity index (χ4n) is 2.70. The highest BCUT2D eigenvalue weighted by Crippen LogP contribution is 2.24. The smallest absolute Gasteiger partial charge is 0.240 e. The van der Waals surface area contributed by atoms with Crippen LogP contribution in [0.3, 0.4) is 0 Å². The Morgan fingerprint density at radius 2 is 1.97 bits per heavy atom. The van der Waals surface area contributed by atoms with Crippen molar-refractivity contribution >= 4 is 33.2 Å². The molecule has 0 unspecified atom stereocenters. The number of carbonyl (C=O) groups is 1. The molecular weight excluding hydrogens is 416 g/mol. The summed E-state index contributed by atoms with van der Waals surface area (Å²) in [6.07, 6.45) is 2.95. The molecule has 10 heteroatoms. The molecule has 1 heterocycles. The topological polar surface area (TPSA) is 116 Å². The Hall–Kier alpha value is -2.88. The second-order valence-electron chi connectivity index (χ2n) is 6.13. The molecule has 0 saturated carbocycles. The number of amides is 1. The van der Waals surface area contributed by atoms with Crippen LogP contribution in [0.4, 0.5) is 5.69 Å². The van der Waals surface area contributed by atoms with E-state index in [9.17, 15) is 13.2 Å². The molecule has 0 radical (unpaired) electrons. The second-order valence-corrected chi connectivity index (χ2v) is 8.10. The highest BCUT2D eigenvalue weighted by molar-refractivity contribution is 7.89. The van der Waals surface area contributed by atoms with Gasteiger partial charge in [0.05, 0.1) is 29.9 Å². The number of nitrogens with one attached hydrogen (secondary N) is 1. The minimum absolute atomic E-state index is 0.119. The van der Waals surface area contributed by atoms with E-state index in [0.29, 0.717) is 17.3 Å². The highest BCUT2D eigenvalue weighted by Gasteiger charge is 2.18. The first-order valence-corrected chi connectivity index (χ1v) is 10.6. The van der Waals surface area contributed by atoms with Crippen molar-refractivity contribution in [2.75, 3.05) is 11.9 Å². The van der Waals surface area contributed by atoms with E-state index in [-0.39, 0.29) is 22.9 Å². The zero-order valence-electron chi connectivity index (χ0n) is 15.5. The number of hydrogen-bond donors (Lipinski definition) is 2. The fourth-order valence-corrected chi connectivity index (χ4v) is 3.58. The monoisotopic (exact) mass is 434 g/mol. The van der Waals surface area contributed by atoms with Gasteiger partial charge in [-0.2, -0.15) is 5.10 Å². The number of carbonyl (C=O) groups excluding carboxylic acids is 1. The van der Waals surface area contributed by atoms with E-state index < -0.39 is 10.0 Å². The molecule has 0 atom stereocenters. The number of rotatable bonds is 7. The Morgan fingerprint density at radius 1 is 1.24 bits per heavy atom. The van der Waals surface area contributed by atoms with Crippen molar-refractivity contribution in [1.82, 2.24) is 9.78 Å². The van der Waals surface area contributed by atoms with E-state index >= 15 is 0 Å². The number of benzene rings is 2. The summed E-state index contributed by atoms with van der Waals surface area (Å²) in [4.78, 5) is 12.2. The first-order chi connectivity index (χ1) is 13.8. The average molecular weight is 435 g/mol. The van der Waals surface area contributed by atoms with Gasteiger partial charge in [-0.05, 0) is 42.8 Å². The predicted octanol–water partition coefficient (Wildman–Crippen LogP) is 2.75. The van der Waals surface area contributed by atoms with Crippen LogP contribution in [0.5, 0.6) is 5.75 Å². The van der Waals surface area contributed by atoms with Gasteiger partial charge in [-0.1, -0.05) is 23.7 Å². The van der Waals surface area contributed by atoms with Crippen molar-refractivity contribution in [3.8, 4) is 11.4 Å². The maximum Gasteiger partial charge on any atom is 0.240 e. The van der Waals surface area contributed by atoms with Gasteiger partial charge in [0.1, 0.15) is 10.6 Å². The molecule has 0 aliphatic heterocycles. The minimum Gasteiger partial charge on any atom is -0.494 e. The molecule has 0 aliphatic rings. The minimum atomic E-state index is -4.07. The summed E-state index contributed by atoms with van der Waals surface area (Å²) in [7, 11) is -4.07. The zero-order valence-corrected chi connectivity index (χ0v) is 17.1. The number of nitrogens with zero attached hydrogens (tertiary/aromatic N) is 2. The number of hydrogen-bond acceptors (Lipinski definition) is 5. The lowest BCUT2D eigenvalue weighted by atomic mass is 10.1. The number of aromatic nitrogens is 2. The van der Waals surface area contributed by atoms with Gasteiger partial charge in [-0.25, -0.2) is 18.2 Å². The Labute approximate surface area is 173 Å². The first-order valence-electron chi connectivity index (χ1n) is 8.65. The largest absolute Gasteiger partial charge is 0.494 e. The summed E-state index contributed by atoms with van der Waals surface area (Å²) in [5, 5.41) is 12.4. The molecule has 0 bridgehead atoms. The number of ether oxygens (including phenoxy) is 1. The Morgan fingerprint density at radius 3 is 2.55 bits per heavy atom. The van der Waals surface area contributed by atoms with E-state index in [2.05, 4.69) is 10.4 Å². The number of nitrogens with two attached hydrogens (primary N) is 1. The van der Waals surface area contributed by atoms with E-state index in [4.69, 9.17) is 21.5 Å². The van der Waals surface area contributed by atoms with Crippen molar-refractivity contribution in [3.05, 3.63) is 65.4 Å². The SMILES string of the molecule is CCOc1ccc(CC(=O)Nc2ccc(-n3cc(Cl)cn3)c(S(N)(=O)=O)c2)cc1. The molecule has 3 aromatic rings. The third kappa shape index (κ3) is 5.35. The van der Waals surface area contributed by atoms with Crippen LogP contribution in [0, 0.1) is 0 Å². The van der Waals surface area contributed by atoms with E-state index in [1.807, 2.05) is 6.92 Å². The molecule has 0 aliphatic carbocycles. The molecule has 3 N–H and O–H groups in total. The van der Waals surface area contributed by atoms with Crippen LogP contribution in [0.25, 0.3) is 5.69 Å². The van der Waals surface area contributed by atoms with E-state index in [1.165, 1.54) is 29.2 Å². The molecule has 152 valence electrons. The third-order valence-electron chi connectivity index (χ3n) is 3.95. The highest BCUT2D eigenvalue weighted by atomic mass is 35.5. The van der Waals surface area contributed by atoms with Crippen molar-refractivity contribution in [3.63, 3.8) is 0 Å². The molecule has 3 rings (SSSR count). The number of primary sulfonamides is 1. The molecule has 0 spiro atoms. The van der Waals surface area contributed by atoms with Gasteiger partial charge >= 0.3 is 0 Å². The summed E-state index contributed by atoms with van der Waals surface area (Å²) in [6, 6.07) is 11.5. The maximum atomic E-state index is 12.4. The normalized spacial score (nSPS) is 11.3. The fraction of sp³-hybridized carbons (Fsp3) is 0.158. The Balaban J connectivity index is 1.79. The van der Waals surface area contributed by atoms with Gasteiger partial charge in [0, 0.05) is 11.9 Å². The molecule has 1 amide bonds. The van der Waals surface area contributed by atoms with Crippen LogP contribution in [0.15, 0.2) is 59.8 Å². The van der Waals surface area contributed by atoms with Gasteiger partial charge < -0.3 is 10.1 Å². The number of sulfonamides is 1. The van der Waals surface area contributed by atoms with Crippen LogP contribution < -0.4 is 15.2 Å². The molecule has 29 heavy (non-hydrogen) atoms. The van der Waals surface area contributed by atoms with Crippen LogP contribution in [0.1, 0.15) is 12.5 Å². The maximum absolute atomic E-state index is 12.4. The summed E-state index contributed by atoms with van der Waals surface area (Å²) in [5.74, 6) is 0.424. The quantitative estimate of drug-likeness (QED) is 0.593. The Kier molecular flexibility index (Phi) is 6.21. The van der Waals surface area contributed by atoms with Crippen LogP contribution in [-0.2, 0) is 21.2 Å². The van der Waals surface area contributed by atoms with Crippen LogP contribution in [0.2, 0.25) is 5.02 Å². The van der Waals surface area contributed by atoms with E-state index in [0.717, 1.165) is 11.3 Å². The molecule has 0 fully saturated rings. The van der Waals surface area contributed by atoms with Gasteiger partial charge in [-0.15, -0.1) is 0 Å². The van der Waals surface area contributed by atoms with Gasteiger partial charge in [0.15, 0.2) is 0 Å². The van der Waals surface area contributed by atoms with Crippen molar-refractivity contribution in [2.45, 2.75) is 18.2 Å². The van der Waals surface area contributed by atoms with Crippen molar-refractivity contribution in [1.29, 1.82) is 0 Å². The molecule has 1 aromatic heterocycles. The lowest BCUT2D eigenvalue weighted by molar-refractivity contribution is -0.115. The van der Waals surface area contributed by atoms with Gasteiger partial charge in [0.2, 0.25) is 15.9 Å². The predicted molar refractivity (Wildman–Crippen MR) is 110 cm³/mol. The van der Waals surface area contributed by atoms with Crippen molar-refractivity contribution in [2.24, 2.45) is 5.14 Å². The van der Waals surface area contributed by atoms with Gasteiger partial charge in [-0.3, -0.25) is 4.79 Å². The van der Waals surface area contributed by atoms with Crippen LogP contribution in [-0.4, -0.2) is 30.7 Å². The molecule has 0 saturated heterocycles. The molecule has 2 aromatic carbocycles. The average Bonchev–Trinajstić information content (AvgIpc) is 3.09. The van der Waals surface area contributed by atoms with E-state index in [1.54, 1.807) is 30.3 Å². The number of anilines is 1. The second kappa shape index (κ2) is 8.64.